The SMILES string of the molecule is CCCCCCCCCCCCCC/C=C\CCCCCCCCC(O)C(=O)NC(CO)C(O)C(O)CCCCCCCCCCCCCCCCCCCCCCCCCCCCCC. The van der Waals surface area contributed by atoms with Crippen molar-refractivity contribution in [2.75, 3.05) is 6.61 Å². The first kappa shape index (κ1) is 65.0. The third kappa shape index (κ3) is 48.1. The van der Waals surface area contributed by atoms with Crippen molar-refractivity contribution in [1.29, 1.82) is 0 Å². The van der Waals surface area contributed by atoms with Gasteiger partial charge in [-0.05, 0) is 38.5 Å². The first-order valence-electron chi connectivity index (χ1n) is 30.1. The van der Waals surface area contributed by atoms with Gasteiger partial charge in [-0.15, -0.1) is 0 Å². The highest BCUT2D eigenvalue weighted by atomic mass is 16.3. The number of hydrogen-bond donors (Lipinski definition) is 5. The molecule has 5 N–H and O–H groups in total. The fraction of sp³-hybridized carbons (Fsp3) is 0.950. The van der Waals surface area contributed by atoms with Gasteiger partial charge >= 0.3 is 0 Å². The summed E-state index contributed by atoms with van der Waals surface area (Å²) in [5.41, 5.74) is 0. The van der Waals surface area contributed by atoms with Crippen LogP contribution in [0.4, 0.5) is 0 Å². The first-order chi connectivity index (χ1) is 32.5. The smallest absolute Gasteiger partial charge is 0.249 e. The molecule has 4 atom stereocenters. The second-order valence-electron chi connectivity index (χ2n) is 21.1. The van der Waals surface area contributed by atoms with Crippen LogP contribution >= 0.6 is 0 Å². The minimum absolute atomic E-state index is 0.365. The van der Waals surface area contributed by atoms with Crippen LogP contribution in [0.15, 0.2) is 12.2 Å². The number of nitrogens with one attached hydrogen (secondary N) is 1. The Kier molecular flexibility index (Phi) is 54.2. The van der Waals surface area contributed by atoms with E-state index in [1.54, 1.807) is 0 Å². The van der Waals surface area contributed by atoms with Crippen molar-refractivity contribution < 1.29 is 25.2 Å². The van der Waals surface area contributed by atoms with Gasteiger partial charge in [0.25, 0.3) is 0 Å². The fourth-order valence-electron chi connectivity index (χ4n) is 9.76. The summed E-state index contributed by atoms with van der Waals surface area (Å²) < 4.78 is 0. The number of rotatable bonds is 56. The Labute approximate surface area is 412 Å². The van der Waals surface area contributed by atoms with Gasteiger partial charge in [0.05, 0.1) is 18.8 Å². The highest BCUT2D eigenvalue weighted by Crippen LogP contribution is 2.19. The van der Waals surface area contributed by atoms with E-state index in [4.69, 9.17) is 0 Å². The van der Waals surface area contributed by atoms with Crippen molar-refractivity contribution in [2.24, 2.45) is 0 Å². The average molecular weight is 935 g/mol. The summed E-state index contributed by atoms with van der Waals surface area (Å²) >= 11 is 0. The summed E-state index contributed by atoms with van der Waals surface area (Å²) in [5, 5.41) is 44.1. The third-order valence-electron chi connectivity index (χ3n) is 14.5. The van der Waals surface area contributed by atoms with Gasteiger partial charge in [0.15, 0.2) is 0 Å². The molecule has 6 nitrogen and oxygen atoms in total. The van der Waals surface area contributed by atoms with Crippen LogP contribution in [0, 0.1) is 0 Å². The van der Waals surface area contributed by atoms with Gasteiger partial charge in [-0.2, -0.15) is 0 Å². The van der Waals surface area contributed by atoms with Crippen molar-refractivity contribution in [3.63, 3.8) is 0 Å². The minimum atomic E-state index is -1.26. The number of carbonyl (C=O) groups is 1. The molecule has 0 spiro atoms. The Bertz CT molecular complexity index is 959. The molecule has 66 heavy (non-hydrogen) atoms. The molecular weight excluding hydrogens is 815 g/mol. The van der Waals surface area contributed by atoms with Crippen LogP contribution in [-0.4, -0.2) is 57.3 Å². The van der Waals surface area contributed by atoms with Crippen LogP contribution in [0.3, 0.4) is 0 Å². The van der Waals surface area contributed by atoms with E-state index in [1.807, 2.05) is 0 Å². The maximum absolute atomic E-state index is 12.6. The number of amides is 1. The Morgan fingerprint density at radius 1 is 0.364 bits per heavy atom. The number of hydrogen-bond acceptors (Lipinski definition) is 5. The summed E-state index contributed by atoms with van der Waals surface area (Å²) in [6.07, 6.45) is 65.8. The van der Waals surface area contributed by atoms with Crippen molar-refractivity contribution in [3.05, 3.63) is 12.2 Å². The van der Waals surface area contributed by atoms with Gasteiger partial charge in [-0.25, -0.2) is 0 Å². The normalized spacial score (nSPS) is 13.7. The summed E-state index contributed by atoms with van der Waals surface area (Å²) in [4.78, 5) is 12.6. The van der Waals surface area contributed by atoms with E-state index in [-0.39, 0.29) is 0 Å². The van der Waals surface area contributed by atoms with Crippen LogP contribution in [0.1, 0.15) is 335 Å². The molecule has 0 aromatic heterocycles. The van der Waals surface area contributed by atoms with Crippen molar-refractivity contribution >= 4 is 5.91 Å². The molecule has 0 radical (unpaired) electrons. The number of aliphatic hydroxyl groups excluding tert-OH is 4. The van der Waals surface area contributed by atoms with Crippen LogP contribution < -0.4 is 5.32 Å². The standard InChI is InChI=1S/C60H119NO5/c1-3-5-7-9-11-13-15-17-19-21-23-25-27-28-29-30-31-32-34-35-37-39-41-43-45-47-49-51-53-57(63)59(65)56(55-62)61-60(66)58(64)54-52-50-48-46-44-42-40-38-36-33-26-24-22-20-18-16-14-12-10-8-6-4-2/h36,38,56-59,62-65H,3-35,37,39-55H2,1-2H3,(H,61,66)/b38-36-. The molecule has 0 aliphatic carbocycles. The highest BCUT2D eigenvalue weighted by Gasteiger charge is 2.28. The summed E-state index contributed by atoms with van der Waals surface area (Å²) in [6.45, 7) is 4.10. The van der Waals surface area contributed by atoms with Crippen LogP contribution in [0.5, 0.6) is 0 Å². The zero-order valence-electron chi connectivity index (χ0n) is 44.7. The van der Waals surface area contributed by atoms with E-state index in [1.165, 1.54) is 263 Å². The minimum Gasteiger partial charge on any atom is -0.394 e. The molecule has 0 aromatic carbocycles. The predicted octanol–water partition coefficient (Wildman–Crippen LogP) is 17.6. The van der Waals surface area contributed by atoms with E-state index < -0.39 is 36.9 Å². The van der Waals surface area contributed by atoms with Gasteiger partial charge in [-0.1, -0.05) is 309 Å². The molecule has 4 unspecified atom stereocenters. The van der Waals surface area contributed by atoms with E-state index in [0.29, 0.717) is 12.8 Å². The maximum Gasteiger partial charge on any atom is 0.249 e. The van der Waals surface area contributed by atoms with Gasteiger partial charge in [0.1, 0.15) is 12.2 Å². The van der Waals surface area contributed by atoms with E-state index in [0.717, 1.165) is 44.9 Å². The van der Waals surface area contributed by atoms with Gasteiger partial charge < -0.3 is 25.7 Å². The monoisotopic (exact) mass is 934 g/mol. The predicted molar refractivity (Wildman–Crippen MR) is 288 cm³/mol. The Morgan fingerprint density at radius 2 is 0.606 bits per heavy atom. The lowest BCUT2D eigenvalue weighted by atomic mass is 9.99. The molecule has 0 rings (SSSR count). The number of unbranched alkanes of at least 4 members (excludes halogenated alkanes) is 45. The van der Waals surface area contributed by atoms with Crippen LogP contribution in [-0.2, 0) is 4.79 Å². The Hall–Kier alpha value is -0.950. The maximum atomic E-state index is 12.6. The van der Waals surface area contributed by atoms with Gasteiger partial charge in [0.2, 0.25) is 5.91 Å². The molecular formula is C60H119NO5. The van der Waals surface area contributed by atoms with Crippen LogP contribution in [0.25, 0.3) is 0 Å². The second kappa shape index (κ2) is 55.0. The summed E-state index contributed by atoms with van der Waals surface area (Å²) in [6, 6.07) is -0.987. The number of allylic oxidation sites excluding steroid dienone is 2. The lowest BCUT2D eigenvalue weighted by Crippen LogP contribution is -2.53. The molecule has 0 saturated heterocycles. The molecule has 0 saturated carbocycles. The average Bonchev–Trinajstić information content (AvgIpc) is 3.32. The highest BCUT2D eigenvalue weighted by molar-refractivity contribution is 5.80. The first-order valence-corrected chi connectivity index (χ1v) is 30.1. The zero-order valence-corrected chi connectivity index (χ0v) is 44.7. The summed E-state index contributed by atoms with van der Waals surface area (Å²) in [7, 11) is 0. The Balaban J connectivity index is 3.58. The second-order valence-corrected chi connectivity index (χ2v) is 21.1. The molecule has 0 heterocycles. The van der Waals surface area contributed by atoms with E-state index in [9.17, 15) is 25.2 Å². The third-order valence-corrected chi connectivity index (χ3v) is 14.5. The lowest BCUT2D eigenvalue weighted by molar-refractivity contribution is -0.132. The molecule has 0 aliphatic heterocycles. The lowest BCUT2D eigenvalue weighted by Gasteiger charge is -2.27. The van der Waals surface area contributed by atoms with Crippen molar-refractivity contribution in [1.82, 2.24) is 5.32 Å². The van der Waals surface area contributed by atoms with Gasteiger partial charge in [-0.3, -0.25) is 4.79 Å². The number of aliphatic hydroxyl groups is 4. The Morgan fingerprint density at radius 3 is 0.879 bits per heavy atom. The quantitative estimate of drug-likeness (QED) is 0.0308. The zero-order chi connectivity index (χ0) is 48.1. The molecule has 1 amide bonds. The van der Waals surface area contributed by atoms with E-state index >= 15 is 0 Å². The molecule has 6 heteroatoms. The van der Waals surface area contributed by atoms with Crippen LogP contribution in [0.2, 0.25) is 0 Å². The van der Waals surface area contributed by atoms with Gasteiger partial charge in [0, 0.05) is 0 Å². The number of carbonyl (C=O) groups excluding carboxylic acids is 1. The molecule has 394 valence electrons. The molecule has 0 fully saturated rings. The molecule has 0 bridgehead atoms. The van der Waals surface area contributed by atoms with Crippen molar-refractivity contribution in [2.45, 2.75) is 359 Å². The topological polar surface area (TPSA) is 110 Å². The molecule has 0 aliphatic rings. The largest absolute Gasteiger partial charge is 0.394 e. The summed E-state index contributed by atoms with van der Waals surface area (Å²) in [5.74, 6) is -0.582. The van der Waals surface area contributed by atoms with Crippen molar-refractivity contribution in [3.8, 4) is 0 Å². The molecule has 0 aromatic rings. The fourth-order valence-corrected chi connectivity index (χ4v) is 9.76. The van der Waals surface area contributed by atoms with E-state index in [2.05, 4.69) is 31.3 Å².